The maximum atomic E-state index is 14.2. The Kier molecular flexibility index (Phi) is 7.11. The lowest BCUT2D eigenvalue weighted by Gasteiger charge is -2.38. The Morgan fingerprint density at radius 2 is 2.02 bits per heavy atom. The van der Waals surface area contributed by atoms with Crippen molar-refractivity contribution in [1.82, 2.24) is 40.4 Å². The molecule has 1 saturated heterocycles. The zero-order valence-corrected chi connectivity index (χ0v) is 22.2. The first-order valence-corrected chi connectivity index (χ1v) is 12.7. The number of imidazole rings is 1. The summed E-state index contributed by atoms with van der Waals surface area (Å²) in [4.78, 5) is 30.9. The summed E-state index contributed by atoms with van der Waals surface area (Å²) in [5.74, 6) is -3.93. The summed E-state index contributed by atoms with van der Waals surface area (Å²) in [5, 5.41) is 16.1. The van der Waals surface area contributed by atoms with Crippen molar-refractivity contribution >= 4 is 17.6 Å². The van der Waals surface area contributed by atoms with E-state index in [4.69, 9.17) is 4.74 Å². The largest absolute Gasteiger partial charge is 0.416 e. The van der Waals surface area contributed by atoms with E-state index in [0.29, 0.717) is 5.56 Å². The van der Waals surface area contributed by atoms with E-state index < -0.39 is 61.4 Å². The number of hydrogen-bond donors (Lipinski definition) is 2. The van der Waals surface area contributed by atoms with Gasteiger partial charge in [0.05, 0.1) is 49.9 Å². The molecule has 0 unspecified atom stereocenters. The Morgan fingerprint density at radius 3 is 2.66 bits per heavy atom. The highest BCUT2D eigenvalue weighted by Gasteiger charge is 2.49. The highest BCUT2D eigenvalue weighted by molar-refractivity contribution is 5.93. The zero-order valence-electron chi connectivity index (χ0n) is 22.2. The van der Waals surface area contributed by atoms with Crippen molar-refractivity contribution in [2.24, 2.45) is 5.92 Å². The molecule has 3 aromatic rings. The number of aromatic nitrogens is 5. The summed E-state index contributed by atoms with van der Waals surface area (Å²) in [5.41, 5.74) is -1.73. The third-order valence-corrected chi connectivity index (χ3v) is 7.09. The molecule has 2 atom stereocenters. The average Bonchev–Trinajstić information content (AvgIpc) is 3.46. The smallest absolute Gasteiger partial charge is 0.364 e. The Hall–Kier alpha value is -3.89. The van der Waals surface area contributed by atoms with E-state index in [9.17, 15) is 31.5 Å². The van der Waals surface area contributed by atoms with Crippen molar-refractivity contribution in [3.63, 3.8) is 0 Å². The van der Waals surface area contributed by atoms with Crippen LogP contribution < -0.4 is 10.6 Å². The number of urea groups is 1. The predicted octanol–water partition coefficient (Wildman–Crippen LogP) is 3.36. The van der Waals surface area contributed by atoms with Crippen LogP contribution in [-0.2, 0) is 4.74 Å². The average molecular weight is 587 g/mol. The number of ether oxygens (including phenoxy) is 1. The monoisotopic (exact) mass is 586 g/mol. The molecule has 2 aliphatic rings. The molecule has 41 heavy (non-hydrogen) atoms. The van der Waals surface area contributed by atoms with Crippen LogP contribution in [0.1, 0.15) is 66.2 Å². The number of nitrogens with one attached hydrogen (secondary N) is 2. The van der Waals surface area contributed by atoms with Gasteiger partial charge in [-0.05, 0) is 56.3 Å². The summed E-state index contributed by atoms with van der Waals surface area (Å²) in [6, 6.07) is -0.893. The molecule has 0 spiro atoms. The Balaban J connectivity index is 1.45. The maximum absolute atomic E-state index is 14.2. The molecule has 2 fully saturated rings. The second-order valence-corrected chi connectivity index (χ2v) is 10.7. The fraction of sp³-hybridized carbons (Fsp3) is 0.583. The van der Waals surface area contributed by atoms with Crippen LogP contribution in [0.5, 0.6) is 0 Å². The van der Waals surface area contributed by atoms with Crippen LogP contribution in [-0.4, -0.2) is 79.1 Å². The summed E-state index contributed by atoms with van der Waals surface area (Å²) in [7, 11) is 0. The van der Waals surface area contributed by atoms with Crippen LogP contribution in [0.3, 0.4) is 0 Å². The molecule has 4 heterocycles. The first-order valence-electron chi connectivity index (χ1n) is 12.7. The van der Waals surface area contributed by atoms with Gasteiger partial charge in [-0.25, -0.2) is 27.7 Å². The van der Waals surface area contributed by atoms with Crippen molar-refractivity contribution in [2.75, 3.05) is 19.7 Å². The second-order valence-electron chi connectivity index (χ2n) is 10.7. The minimum atomic E-state index is -4.70. The van der Waals surface area contributed by atoms with Gasteiger partial charge >= 0.3 is 12.2 Å². The fourth-order valence-corrected chi connectivity index (χ4v) is 4.50. The number of hydrogen-bond acceptors (Lipinski definition) is 8. The van der Waals surface area contributed by atoms with Gasteiger partial charge in [-0.1, -0.05) is 5.16 Å². The van der Waals surface area contributed by atoms with Gasteiger partial charge in [-0.2, -0.15) is 18.3 Å². The number of halogens is 5. The standard InChI is InChI=1S/C24H27F5N8O4/c1-12-18(35-41-34-12)20(38)33-16(9-40-22(2,3)24(27,28)29)15-8-37-17(32-15)6-14(7-31-37)19(13-4-5-13)36-11-23(25,26)10-30-21(36)39/h6-8,13,16,19H,4-5,9-11H2,1-3H3,(H,30,39)(H,33,38)/t16-,19+/m0/s1. The van der Waals surface area contributed by atoms with Gasteiger partial charge in [-0.3, -0.25) is 4.79 Å². The number of fused-ring (bicyclic) bond motifs is 1. The third-order valence-electron chi connectivity index (χ3n) is 7.09. The SMILES string of the molecule is Cc1nonc1C(=O)N[C@@H](COC(C)(C)C(F)(F)F)c1cn2ncc([C@@H](C3CC3)N3CC(F)(F)CNC3=O)cc2n1. The summed E-state index contributed by atoms with van der Waals surface area (Å²) >= 11 is 0. The van der Waals surface area contributed by atoms with Gasteiger partial charge in [0.1, 0.15) is 5.69 Å². The molecular weight excluding hydrogens is 559 g/mol. The van der Waals surface area contributed by atoms with Crippen LogP contribution in [0.15, 0.2) is 23.1 Å². The molecule has 1 saturated carbocycles. The van der Waals surface area contributed by atoms with E-state index in [1.165, 1.54) is 23.8 Å². The summed E-state index contributed by atoms with van der Waals surface area (Å²) < 4.78 is 79.8. The van der Waals surface area contributed by atoms with Gasteiger partial charge in [0.15, 0.2) is 16.9 Å². The minimum Gasteiger partial charge on any atom is -0.364 e. The Labute approximate surface area is 229 Å². The third kappa shape index (κ3) is 5.94. The number of amides is 3. The first-order chi connectivity index (χ1) is 19.1. The van der Waals surface area contributed by atoms with Crippen molar-refractivity contribution < 1.29 is 40.9 Å². The van der Waals surface area contributed by atoms with Gasteiger partial charge in [-0.15, -0.1) is 0 Å². The molecule has 12 nitrogen and oxygen atoms in total. The molecule has 0 bridgehead atoms. The van der Waals surface area contributed by atoms with Crippen molar-refractivity contribution in [3.05, 3.63) is 41.1 Å². The van der Waals surface area contributed by atoms with E-state index in [1.54, 1.807) is 6.07 Å². The summed E-state index contributed by atoms with van der Waals surface area (Å²) in [6.07, 6.45) is -0.388. The molecule has 2 N–H and O–H groups in total. The van der Waals surface area contributed by atoms with Crippen LogP contribution in [0.25, 0.3) is 5.65 Å². The number of carbonyl (C=O) groups is 2. The lowest BCUT2D eigenvalue weighted by atomic mass is 10.0. The molecule has 5 rings (SSSR count). The van der Waals surface area contributed by atoms with Crippen molar-refractivity contribution in [3.8, 4) is 0 Å². The molecule has 1 aliphatic heterocycles. The molecule has 0 radical (unpaired) electrons. The van der Waals surface area contributed by atoms with Gasteiger partial charge < -0.3 is 20.3 Å². The van der Waals surface area contributed by atoms with Gasteiger partial charge in [0, 0.05) is 0 Å². The number of carbonyl (C=O) groups excluding carboxylic acids is 2. The second kappa shape index (κ2) is 10.2. The van der Waals surface area contributed by atoms with Crippen LogP contribution in [0.2, 0.25) is 0 Å². The van der Waals surface area contributed by atoms with E-state index in [0.717, 1.165) is 31.6 Å². The molecule has 1 aliphatic carbocycles. The van der Waals surface area contributed by atoms with Crippen molar-refractivity contribution in [2.45, 2.75) is 63.4 Å². The number of rotatable bonds is 9. The highest BCUT2D eigenvalue weighted by Crippen LogP contribution is 2.46. The lowest BCUT2D eigenvalue weighted by molar-refractivity contribution is -0.265. The van der Waals surface area contributed by atoms with E-state index in [-0.39, 0.29) is 28.6 Å². The van der Waals surface area contributed by atoms with Crippen molar-refractivity contribution in [1.29, 1.82) is 0 Å². The highest BCUT2D eigenvalue weighted by atomic mass is 19.4. The molecule has 3 amide bonds. The number of aryl methyl sites for hydroxylation is 1. The van der Waals surface area contributed by atoms with Crippen LogP contribution >= 0.6 is 0 Å². The predicted molar refractivity (Wildman–Crippen MR) is 129 cm³/mol. The molecule has 3 aromatic heterocycles. The van der Waals surface area contributed by atoms with E-state index >= 15 is 0 Å². The number of alkyl halides is 5. The zero-order chi connectivity index (χ0) is 29.7. The summed E-state index contributed by atoms with van der Waals surface area (Å²) in [6.45, 7) is 1.06. The van der Waals surface area contributed by atoms with Gasteiger partial charge in [0.25, 0.3) is 11.8 Å². The quantitative estimate of drug-likeness (QED) is 0.364. The fourth-order valence-electron chi connectivity index (χ4n) is 4.50. The Morgan fingerprint density at radius 1 is 1.29 bits per heavy atom. The molecule has 222 valence electrons. The minimum absolute atomic E-state index is 0.0438. The Bertz CT molecular complexity index is 1450. The van der Waals surface area contributed by atoms with Crippen LogP contribution in [0.4, 0.5) is 26.7 Å². The normalized spacial score (nSPS) is 19.2. The topological polar surface area (TPSA) is 140 Å². The molecule has 0 aromatic carbocycles. The lowest BCUT2D eigenvalue weighted by Crippen LogP contribution is -2.58. The molecule has 17 heteroatoms. The number of nitrogens with zero attached hydrogens (tertiary/aromatic N) is 6. The van der Waals surface area contributed by atoms with E-state index in [1.807, 2.05) is 0 Å². The van der Waals surface area contributed by atoms with Gasteiger partial charge in [0.2, 0.25) is 0 Å². The van der Waals surface area contributed by atoms with E-state index in [2.05, 4.69) is 35.7 Å². The molecular formula is C24H27F5N8O4. The first kappa shape index (κ1) is 28.6. The maximum Gasteiger partial charge on any atom is 0.416 e. The van der Waals surface area contributed by atoms with Crippen LogP contribution in [0, 0.1) is 12.8 Å².